The van der Waals surface area contributed by atoms with Crippen LogP contribution in [0.15, 0.2) is 48.6 Å². The highest BCUT2D eigenvalue weighted by Crippen LogP contribution is 1.93. The molecule has 0 atom stereocenters. The fourth-order valence-corrected chi connectivity index (χ4v) is 0.928. The van der Waals surface area contributed by atoms with Gasteiger partial charge in [0.25, 0.3) is 0 Å². The van der Waals surface area contributed by atoms with Crippen LogP contribution in [-0.2, 0) is 4.74 Å². The van der Waals surface area contributed by atoms with Crippen molar-refractivity contribution in [3.05, 3.63) is 48.6 Å². The van der Waals surface area contributed by atoms with Gasteiger partial charge in [0.05, 0.1) is 6.61 Å². The number of carbonyl (C=O) groups is 1. The third kappa shape index (κ3) is 12.2. The summed E-state index contributed by atoms with van der Waals surface area (Å²) in [5.74, 6) is 0. The molecule has 88 valence electrons. The fraction of sp³-hybridized carbons (Fsp3) is 0.308. The summed E-state index contributed by atoms with van der Waals surface area (Å²) in [4.78, 5) is 9.60. The molecule has 0 saturated heterocycles. The Labute approximate surface area is 97.0 Å². The zero-order valence-electron chi connectivity index (χ0n) is 9.63. The molecule has 1 amide bonds. The lowest BCUT2D eigenvalue weighted by Crippen LogP contribution is -2.11. The Balaban J connectivity index is 0.000000211. The highest BCUT2D eigenvalue weighted by Gasteiger charge is 1.82. The largest absolute Gasteiger partial charge is 0.450 e. The number of hydrogen-bond acceptors (Lipinski definition) is 2. The van der Waals surface area contributed by atoms with E-state index >= 15 is 0 Å². The molecular formula is C13H19NO2. The molecule has 0 spiro atoms. The minimum atomic E-state index is -0.711. The van der Waals surface area contributed by atoms with Crippen LogP contribution in [0.5, 0.6) is 0 Å². The zero-order valence-corrected chi connectivity index (χ0v) is 9.63. The van der Waals surface area contributed by atoms with Gasteiger partial charge in [-0.2, -0.15) is 0 Å². The van der Waals surface area contributed by atoms with Gasteiger partial charge in [-0.15, -0.1) is 0 Å². The van der Waals surface area contributed by atoms with Gasteiger partial charge < -0.3 is 10.5 Å². The molecule has 0 aliphatic heterocycles. The third-order valence-corrected chi connectivity index (χ3v) is 1.60. The zero-order chi connectivity index (χ0) is 12.1. The van der Waals surface area contributed by atoms with Crippen LogP contribution in [0.25, 0.3) is 0 Å². The van der Waals surface area contributed by atoms with Crippen LogP contribution in [0.3, 0.4) is 0 Å². The summed E-state index contributed by atoms with van der Waals surface area (Å²) < 4.78 is 4.18. The maximum Gasteiger partial charge on any atom is 0.404 e. The predicted octanol–water partition coefficient (Wildman–Crippen LogP) is 3.11. The first-order chi connectivity index (χ1) is 7.77. The smallest absolute Gasteiger partial charge is 0.404 e. The van der Waals surface area contributed by atoms with Gasteiger partial charge in [-0.25, -0.2) is 4.79 Å². The summed E-state index contributed by atoms with van der Waals surface area (Å²) in [6, 6.07) is 0. The minimum Gasteiger partial charge on any atom is -0.450 e. The molecule has 16 heavy (non-hydrogen) atoms. The number of nitrogens with two attached hydrogens (primary N) is 1. The number of rotatable bonds is 1. The number of primary amides is 1. The summed E-state index contributed by atoms with van der Waals surface area (Å²) in [5, 5.41) is 0. The van der Waals surface area contributed by atoms with Gasteiger partial charge in [0, 0.05) is 0 Å². The highest BCUT2D eigenvalue weighted by molar-refractivity contribution is 5.64. The molecular weight excluding hydrogens is 202 g/mol. The molecule has 0 heterocycles. The molecule has 2 N–H and O–H groups in total. The second kappa shape index (κ2) is 11.3. The molecule has 3 nitrogen and oxygen atoms in total. The van der Waals surface area contributed by atoms with E-state index in [1.165, 1.54) is 0 Å². The normalized spacial score (nSPS) is 13.8. The molecule has 0 aromatic carbocycles. The predicted molar refractivity (Wildman–Crippen MR) is 67.0 cm³/mol. The van der Waals surface area contributed by atoms with Gasteiger partial charge in [0.1, 0.15) is 0 Å². The lowest BCUT2D eigenvalue weighted by Gasteiger charge is -1.89. The molecule has 0 saturated carbocycles. The Hall–Kier alpha value is -1.77. The number of ether oxygens (including phenoxy) is 1. The molecule has 0 fully saturated rings. The molecule has 0 aromatic heterocycles. The van der Waals surface area contributed by atoms with E-state index in [0.717, 1.165) is 12.8 Å². The van der Waals surface area contributed by atoms with E-state index in [9.17, 15) is 4.79 Å². The Bertz CT molecular complexity index is 246. The van der Waals surface area contributed by atoms with Crippen LogP contribution in [0.2, 0.25) is 0 Å². The van der Waals surface area contributed by atoms with Gasteiger partial charge in [0.2, 0.25) is 0 Å². The number of carbonyl (C=O) groups excluding carboxylic acids is 1. The van der Waals surface area contributed by atoms with Crippen LogP contribution in [0, 0.1) is 0 Å². The van der Waals surface area contributed by atoms with Crippen molar-refractivity contribution in [3.63, 3.8) is 0 Å². The summed E-state index contributed by atoms with van der Waals surface area (Å²) in [7, 11) is 0. The van der Waals surface area contributed by atoms with Crippen molar-refractivity contribution < 1.29 is 9.53 Å². The second-order valence-corrected chi connectivity index (χ2v) is 2.94. The van der Waals surface area contributed by atoms with Crippen molar-refractivity contribution in [3.8, 4) is 0 Å². The van der Waals surface area contributed by atoms with Crippen molar-refractivity contribution in [1.82, 2.24) is 0 Å². The van der Waals surface area contributed by atoms with Crippen LogP contribution in [0.4, 0.5) is 4.79 Å². The van der Waals surface area contributed by atoms with Crippen LogP contribution in [0.1, 0.15) is 19.8 Å². The Morgan fingerprint density at radius 3 is 1.50 bits per heavy atom. The first kappa shape index (κ1) is 14.2. The van der Waals surface area contributed by atoms with Crippen LogP contribution in [-0.4, -0.2) is 12.7 Å². The summed E-state index contributed by atoms with van der Waals surface area (Å²) >= 11 is 0. The topological polar surface area (TPSA) is 52.3 Å². The average Bonchev–Trinajstić information content (AvgIpc) is 2.98. The lowest BCUT2D eigenvalue weighted by molar-refractivity contribution is 0.163. The number of allylic oxidation sites excluding steroid dienone is 8. The lowest BCUT2D eigenvalue weighted by atomic mass is 10.5. The standard InChI is InChI=1S/2C5H6.C3H7NO2/c2*1-2-4-5-3-1;1-2-6-3(4)5/h2*1-4H,5H2;2H2,1H3,(H2,4,5). The van der Waals surface area contributed by atoms with E-state index in [0.29, 0.717) is 6.61 Å². The highest BCUT2D eigenvalue weighted by atomic mass is 16.5. The molecule has 0 radical (unpaired) electrons. The maximum atomic E-state index is 9.60. The molecule has 0 bridgehead atoms. The molecule has 2 aliphatic rings. The quantitative estimate of drug-likeness (QED) is 0.739. The Morgan fingerprint density at radius 2 is 1.44 bits per heavy atom. The number of amides is 1. The SMILES string of the molecule is C1=CCC=C1.C1=CCC=C1.CCOC(N)=O. The molecule has 3 heteroatoms. The molecule has 2 aliphatic carbocycles. The van der Waals surface area contributed by atoms with Gasteiger partial charge in [0.15, 0.2) is 0 Å². The first-order valence-electron chi connectivity index (χ1n) is 5.33. The van der Waals surface area contributed by atoms with Gasteiger partial charge in [-0.1, -0.05) is 48.6 Å². The average molecular weight is 221 g/mol. The minimum absolute atomic E-state index is 0.356. The molecule has 2 rings (SSSR count). The van der Waals surface area contributed by atoms with Crippen molar-refractivity contribution >= 4 is 6.09 Å². The second-order valence-electron chi connectivity index (χ2n) is 2.94. The number of hydrogen-bond donors (Lipinski definition) is 1. The van der Waals surface area contributed by atoms with Crippen molar-refractivity contribution in [2.75, 3.05) is 6.61 Å². The van der Waals surface area contributed by atoms with Gasteiger partial charge in [-0.05, 0) is 19.8 Å². The summed E-state index contributed by atoms with van der Waals surface area (Å²) in [6.07, 6.45) is 18.3. The van der Waals surface area contributed by atoms with Gasteiger partial charge >= 0.3 is 6.09 Å². The van der Waals surface area contributed by atoms with E-state index < -0.39 is 6.09 Å². The molecule has 0 aromatic rings. The summed E-state index contributed by atoms with van der Waals surface area (Å²) in [5.41, 5.74) is 4.54. The summed E-state index contributed by atoms with van der Waals surface area (Å²) in [6.45, 7) is 2.06. The van der Waals surface area contributed by atoms with Crippen molar-refractivity contribution in [2.24, 2.45) is 5.73 Å². The van der Waals surface area contributed by atoms with Crippen molar-refractivity contribution in [1.29, 1.82) is 0 Å². The third-order valence-electron chi connectivity index (χ3n) is 1.60. The fourth-order valence-electron chi connectivity index (χ4n) is 0.928. The van der Waals surface area contributed by atoms with E-state index in [-0.39, 0.29) is 0 Å². The van der Waals surface area contributed by atoms with Crippen LogP contribution < -0.4 is 5.73 Å². The van der Waals surface area contributed by atoms with E-state index in [1.54, 1.807) is 6.92 Å². The van der Waals surface area contributed by atoms with E-state index in [4.69, 9.17) is 0 Å². The Kier molecular flexibility index (Phi) is 10.1. The Morgan fingerprint density at radius 1 is 1.06 bits per heavy atom. The van der Waals surface area contributed by atoms with Crippen LogP contribution >= 0.6 is 0 Å². The first-order valence-corrected chi connectivity index (χ1v) is 5.33. The van der Waals surface area contributed by atoms with E-state index in [2.05, 4.69) is 59.1 Å². The maximum absolute atomic E-state index is 9.60. The van der Waals surface area contributed by atoms with Crippen molar-refractivity contribution in [2.45, 2.75) is 19.8 Å². The molecule has 0 unspecified atom stereocenters. The van der Waals surface area contributed by atoms with Gasteiger partial charge in [-0.3, -0.25) is 0 Å². The monoisotopic (exact) mass is 221 g/mol. The van der Waals surface area contributed by atoms with E-state index in [1.807, 2.05) is 0 Å².